The summed E-state index contributed by atoms with van der Waals surface area (Å²) in [6.07, 6.45) is 9.33. The maximum atomic E-state index is 12.9. The van der Waals surface area contributed by atoms with Crippen molar-refractivity contribution in [2.24, 2.45) is 5.92 Å². The summed E-state index contributed by atoms with van der Waals surface area (Å²) in [5, 5.41) is 0. The van der Waals surface area contributed by atoms with Crippen LogP contribution in [0.25, 0.3) is 0 Å². The molecule has 0 spiro atoms. The molecule has 0 heterocycles. The van der Waals surface area contributed by atoms with Crippen LogP contribution in [0.2, 0.25) is 0 Å². The number of hydrogen-bond acceptors (Lipinski definition) is 1. The molecule has 0 unspecified atom stereocenters. The molecule has 0 atom stereocenters. The van der Waals surface area contributed by atoms with Crippen LogP contribution in [0.3, 0.4) is 0 Å². The van der Waals surface area contributed by atoms with Gasteiger partial charge in [-0.3, -0.25) is 0 Å². The van der Waals surface area contributed by atoms with E-state index in [2.05, 4.69) is 0 Å². The summed E-state index contributed by atoms with van der Waals surface area (Å²) < 4.78 is 18.4. The van der Waals surface area contributed by atoms with Crippen LogP contribution in [0, 0.1) is 11.7 Å². The molecular weight excluding hydrogens is 215 g/mol. The second-order valence-electron chi connectivity index (χ2n) is 4.95. The second-order valence-corrected chi connectivity index (χ2v) is 4.95. The fourth-order valence-electron chi connectivity index (χ4n) is 2.59. The van der Waals surface area contributed by atoms with E-state index in [1.807, 2.05) is 6.07 Å². The van der Waals surface area contributed by atoms with Gasteiger partial charge in [-0.1, -0.05) is 38.2 Å². The van der Waals surface area contributed by atoms with Gasteiger partial charge in [0, 0.05) is 6.07 Å². The van der Waals surface area contributed by atoms with Crippen molar-refractivity contribution < 1.29 is 9.13 Å². The lowest BCUT2D eigenvalue weighted by Crippen LogP contribution is -2.08. The summed E-state index contributed by atoms with van der Waals surface area (Å²) in [5.74, 6) is 1.32. The minimum Gasteiger partial charge on any atom is -0.493 e. The van der Waals surface area contributed by atoms with Crippen molar-refractivity contribution in [2.75, 3.05) is 6.61 Å². The Hall–Kier alpha value is -1.05. The minimum absolute atomic E-state index is 0.227. The van der Waals surface area contributed by atoms with Gasteiger partial charge >= 0.3 is 0 Å². The van der Waals surface area contributed by atoms with E-state index in [1.165, 1.54) is 50.7 Å². The Morgan fingerprint density at radius 3 is 2.76 bits per heavy atom. The van der Waals surface area contributed by atoms with Gasteiger partial charge in [-0.05, 0) is 30.9 Å². The smallest absolute Gasteiger partial charge is 0.126 e. The van der Waals surface area contributed by atoms with Gasteiger partial charge in [-0.2, -0.15) is 0 Å². The largest absolute Gasteiger partial charge is 0.493 e. The van der Waals surface area contributed by atoms with Crippen molar-refractivity contribution in [1.82, 2.24) is 0 Å². The third-order valence-electron chi connectivity index (χ3n) is 3.55. The number of hydrogen-bond donors (Lipinski definition) is 0. The van der Waals surface area contributed by atoms with Crippen LogP contribution >= 0.6 is 0 Å². The first-order valence-electron chi connectivity index (χ1n) is 6.73. The first kappa shape index (κ1) is 12.4. The van der Waals surface area contributed by atoms with Gasteiger partial charge in [0.25, 0.3) is 0 Å². The van der Waals surface area contributed by atoms with Crippen molar-refractivity contribution in [3.63, 3.8) is 0 Å². The Kier molecular flexibility index (Phi) is 4.84. The lowest BCUT2D eigenvalue weighted by Gasteiger charge is -2.21. The van der Waals surface area contributed by atoms with Gasteiger partial charge in [0.15, 0.2) is 0 Å². The lowest BCUT2D eigenvalue weighted by molar-refractivity contribution is 0.268. The van der Waals surface area contributed by atoms with Crippen molar-refractivity contribution >= 4 is 0 Å². The van der Waals surface area contributed by atoms with Crippen molar-refractivity contribution in [3.05, 3.63) is 30.1 Å². The molecule has 2 rings (SSSR count). The van der Waals surface area contributed by atoms with Crippen LogP contribution in [0.5, 0.6) is 5.75 Å². The zero-order chi connectivity index (χ0) is 11.9. The molecule has 1 nitrogen and oxygen atoms in total. The van der Waals surface area contributed by atoms with Gasteiger partial charge in [-0.25, -0.2) is 4.39 Å². The molecule has 0 saturated heterocycles. The van der Waals surface area contributed by atoms with Crippen LogP contribution in [-0.4, -0.2) is 6.61 Å². The van der Waals surface area contributed by atoms with E-state index in [-0.39, 0.29) is 5.82 Å². The number of benzene rings is 1. The molecule has 1 aromatic carbocycles. The SMILES string of the molecule is Fc1cccc(OCCCC2CCCCC2)c1. The third-order valence-corrected chi connectivity index (χ3v) is 3.55. The molecule has 94 valence electrons. The molecule has 1 fully saturated rings. The molecule has 0 amide bonds. The van der Waals surface area contributed by atoms with Gasteiger partial charge in [-0.15, -0.1) is 0 Å². The summed E-state index contributed by atoms with van der Waals surface area (Å²) in [6.45, 7) is 0.708. The van der Waals surface area contributed by atoms with Crippen LogP contribution < -0.4 is 4.74 Å². The highest BCUT2D eigenvalue weighted by Gasteiger charge is 2.12. The Morgan fingerprint density at radius 2 is 2.00 bits per heavy atom. The summed E-state index contributed by atoms with van der Waals surface area (Å²) in [5.41, 5.74) is 0. The average Bonchev–Trinajstić information content (AvgIpc) is 2.36. The normalized spacial score (nSPS) is 17.0. The number of ether oxygens (including phenoxy) is 1. The molecule has 17 heavy (non-hydrogen) atoms. The highest BCUT2D eigenvalue weighted by atomic mass is 19.1. The predicted molar refractivity (Wildman–Crippen MR) is 67.7 cm³/mol. The highest BCUT2D eigenvalue weighted by Crippen LogP contribution is 2.27. The van der Waals surface area contributed by atoms with Crippen molar-refractivity contribution in [1.29, 1.82) is 0 Å². The zero-order valence-corrected chi connectivity index (χ0v) is 10.3. The first-order chi connectivity index (χ1) is 8.34. The quantitative estimate of drug-likeness (QED) is 0.681. The van der Waals surface area contributed by atoms with E-state index in [0.29, 0.717) is 12.4 Å². The summed E-state index contributed by atoms with van der Waals surface area (Å²) in [6, 6.07) is 6.38. The first-order valence-corrected chi connectivity index (χ1v) is 6.73. The van der Waals surface area contributed by atoms with E-state index in [4.69, 9.17) is 4.74 Å². The Labute approximate surface area is 103 Å². The standard InChI is InChI=1S/C15H21FO/c16-14-9-4-10-15(12-14)17-11-5-8-13-6-2-1-3-7-13/h4,9-10,12-13H,1-3,5-8,11H2. The molecule has 1 aromatic rings. The number of halogens is 1. The predicted octanol–water partition coefficient (Wildman–Crippen LogP) is 4.57. The lowest BCUT2D eigenvalue weighted by atomic mass is 9.86. The average molecular weight is 236 g/mol. The Morgan fingerprint density at radius 1 is 1.18 bits per heavy atom. The van der Waals surface area contributed by atoms with Crippen LogP contribution in [0.15, 0.2) is 24.3 Å². The fraction of sp³-hybridized carbons (Fsp3) is 0.600. The van der Waals surface area contributed by atoms with Gasteiger partial charge in [0.05, 0.1) is 6.61 Å². The van der Waals surface area contributed by atoms with Gasteiger partial charge in [0.1, 0.15) is 11.6 Å². The van der Waals surface area contributed by atoms with E-state index >= 15 is 0 Å². The molecule has 0 radical (unpaired) electrons. The van der Waals surface area contributed by atoms with Crippen molar-refractivity contribution in [3.8, 4) is 5.75 Å². The van der Waals surface area contributed by atoms with E-state index in [0.717, 1.165) is 12.3 Å². The van der Waals surface area contributed by atoms with Gasteiger partial charge < -0.3 is 4.74 Å². The van der Waals surface area contributed by atoms with Crippen molar-refractivity contribution in [2.45, 2.75) is 44.9 Å². The topological polar surface area (TPSA) is 9.23 Å². The molecule has 0 N–H and O–H groups in total. The second kappa shape index (κ2) is 6.63. The highest BCUT2D eigenvalue weighted by molar-refractivity contribution is 5.22. The molecule has 2 heteroatoms. The van der Waals surface area contributed by atoms with Crippen LogP contribution in [0.1, 0.15) is 44.9 Å². The molecule has 1 aliphatic carbocycles. The van der Waals surface area contributed by atoms with E-state index < -0.39 is 0 Å². The summed E-state index contributed by atoms with van der Waals surface area (Å²) in [4.78, 5) is 0. The molecule has 0 aromatic heterocycles. The molecule has 0 aliphatic heterocycles. The van der Waals surface area contributed by atoms with Crippen LogP contribution in [-0.2, 0) is 0 Å². The zero-order valence-electron chi connectivity index (χ0n) is 10.3. The Bertz CT molecular complexity index is 331. The molecule has 1 aliphatic rings. The number of rotatable bonds is 5. The van der Waals surface area contributed by atoms with E-state index in [1.54, 1.807) is 6.07 Å². The molecular formula is C15H21FO. The Balaban J connectivity index is 1.62. The summed E-state index contributed by atoms with van der Waals surface area (Å²) >= 11 is 0. The monoisotopic (exact) mass is 236 g/mol. The van der Waals surface area contributed by atoms with E-state index in [9.17, 15) is 4.39 Å². The third kappa shape index (κ3) is 4.37. The molecule has 0 bridgehead atoms. The molecule has 1 saturated carbocycles. The minimum atomic E-state index is -0.227. The summed E-state index contributed by atoms with van der Waals surface area (Å²) in [7, 11) is 0. The maximum Gasteiger partial charge on any atom is 0.126 e. The fourth-order valence-corrected chi connectivity index (χ4v) is 2.59. The van der Waals surface area contributed by atoms with Gasteiger partial charge in [0.2, 0.25) is 0 Å². The van der Waals surface area contributed by atoms with Crippen LogP contribution in [0.4, 0.5) is 4.39 Å². The maximum absolute atomic E-state index is 12.9.